The molecular formula is C21H29F3O3. The zero-order valence-corrected chi connectivity index (χ0v) is 16.4. The Kier molecular flexibility index (Phi) is 4.18. The van der Waals surface area contributed by atoms with Gasteiger partial charge in [0.15, 0.2) is 0 Å². The first kappa shape index (κ1) is 19.1. The summed E-state index contributed by atoms with van der Waals surface area (Å²) in [6, 6.07) is 0. The molecular weight excluding hydrogens is 357 g/mol. The van der Waals surface area contributed by atoms with Gasteiger partial charge >= 0.3 is 12.3 Å². The first-order valence-corrected chi connectivity index (χ1v) is 10.0. The summed E-state index contributed by atoms with van der Waals surface area (Å²) in [5.74, 6) is 3.20. The summed E-state index contributed by atoms with van der Waals surface area (Å²) in [4.78, 5) is 12.0. The first-order chi connectivity index (χ1) is 12.4. The molecule has 0 N–H and O–H groups in total. The van der Waals surface area contributed by atoms with E-state index < -0.39 is 23.5 Å². The van der Waals surface area contributed by atoms with Gasteiger partial charge in [-0.25, -0.2) is 4.79 Å². The fourth-order valence-corrected chi connectivity index (χ4v) is 6.56. The summed E-state index contributed by atoms with van der Waals surface area (Å²) >= 11 is 0. The highest BCUT2D eigenvalue weighted by atomic mass is 19.4. The molecule has 0 heterocycles. The van der Waals surface area contributed by atoms with E-state index in [1.807, 2.05) is 0 Å². The number of rotatable bonds is 3. The molecule has 27 heavy (non-hydrogen) atoms. The van der Waals surface area contributed by atoms with Gasteiger partial charge in [0.1, 0.15) is 5.60 Å². The van der Waals surface area contributed by atoms with Crippen molar-refractivity contribution in [1.29, 1.82) is 0 Å². The Labute approximate surface area is 158 Å². The summed E-state index contributed by atoms with van der Waals surface area (Å²) < 4.78 is 51.5. The van der Waals surface area contributed by atoms with E-state index in [9.17, 15) is 18.0 Å². The van der Waals surface area contributed by atoms with Crippen LogP contribution in [0.15, 0.2) is 12.2 Å². The third-order valence-electron chi connectivity index (χ3n) is 7.36. The van der Waals surface area contributed by atoms with Crippen molar-refractivity contribution in [3.63, 3.8) is 0 Å². The van der Waals surface area contributed by atoms with E-state index in [1.54, 1.807) is 20.8 Å². The summed E-state index contributed by atoms with van der Waals surface area (Å²) in [6.07, 6.45) is 1.62. The van der Waals surface area contributed by atoms with E-state index in [2.05, 4.69) is 12.2 Å². The molecule has 0 aromatic rings. The van der Waals surface area contributed by atoms with Crippen molar-refractivity contribution in [3.8, 4) is 0 Å². The van der Waals surface area contributed by atoms with Crippen LogP contribution in [0.4, 0.5) is 18.0 Å². The van der Waals surface area contributed by atoms with E-state index in [4.69, 9.17) is 9.47 Å². The van der Waals surface area contributed by atoms with Gasteiger partial charge in [0, 0.05) is 0 Å². The molecule has 0 aliphatic heterocycles. The lowest BCUT2D eigenvalue weighted by Gasteiger charge is -2.41. The molecule has 4 rings (SSSR count). The van der Waals surface area contributed by atoms with Gasteiger partial charge in [-0.05, 0) is 94.8 Å². The van der Waals surface area contributed by atoms with E-state index in [0.717, 1.165) is 19.8 Å². The van der Waals surface area contributed by atoms with Crippen LogP contribution >= 0.6 is 0 Å². The van der Waals surface area contributed by atoms with E-state index in [0.29, 0.717) is 35.5 Å². The van der Waals surface area contributed by atoms with Crippen LogP contribution in [0, 0.1) is 41.4 Å². The third-order valence-corrected chi connectivity index (χ3v) is 7.36. The van der Waals surface area contributed by atoms with Gasteiger partial charge in [0.25, 0.3) is 0 Å². The maximum Gasteiger partial charge on any atom is 0.509 e. The molecule has 0 saturated heterocycles. The van der Waals surface area contributed by atoms with E-state index in [-0.39, 0.29) is 12.3 Å². The maximum atomic E-state index is 13.9. The lowest BCUT2D eigenvalue weighted by atomic mass is 9.67. The molecule has 8 atom stereocenters. The Morgan fingerprint density at radius 3 is 2.19 bits per heavy atom. The number of hydrogen-bond acceptors (Lipinski definition) is 3. The predicted octanol–water partition coefficient (Wildman–Crippen LogP) is 5.74. The molecule has 152 valence electrons. The molecule has 0 spiro atoms. The van der Waals surface area contributed by atoms with Crippen LogP contribution in [0.2, 0.25) is 0 Å². The van der Waals surface area contributed by atoms with Crippen LogP contribution in [0.3, 0.4) is 0 Å². The molecule has 6 heteroatoms. The topological polar surface area (TPSA) is 35.5 Å². The molecule has 8 unspecified atom stereocenters. The normalized spacial score (nSPS) is 41.5. The molecule has 0 aromatic carbocycles. The zero-order chi connectivity index (χ0) is 19.8. The Hall–Kier alpha value is -1.20. The Morgan fingerprint density at radius 2 is 1.59 bits per heavy atom. The lowest BCUT2D eigenvalue weighted by molar-refractivity contribution is -0.266. The number of hydrogen-bond donors (Lipinski definition) is 0. The highest BCUT2D eigenvalue weighted by Gasteiger charge is 2.64. The van der Waals surface area contributed by atoms with Gasteiger partial charge in [0.2, 0.25) is 5.60 Å². The summed E-state index contributed by atoms with van der Waals surface area (Å²) in [7, 11) is 0. The predicted molar refractivity (Wildman–Crippen MR) is 93.8 cm³/mol. The second kappa shape index (κ2) is 5.90. The quantitative estimate of drug-likeness (QED) is 0.352. The fourth-order valence-electron chi connectivity index (χ4n) is 6.56. The van der Waals surface area contributed by atoms with E-state index in [1.165, 1.54) is 6.42 Å². The van der Waals surface area contributed by atoms with Crippen molar-refractivity contribution >= 4 is 6.16 Å². The van der Waals surface area contributed by atoms with Crippen LogP contribution < -0.4 is 0 Å². The van der Waals surface area contributed by atoms with Crippen molar-refractivity contribution in [2.24, 2.45) is 41.4 Å². The highest BCUT2D eigenvalue weighted by molar-refractivity contribution is 5.61. The standard InChI is InChI=1S/C21H29F3O3/c1-19(2,3)26-18(25)27-20(4,21(22,23)24)10-14-8-13-9-15(14)17-12-6-5-11(7-12)16(13)17/h5-6,11-17H,7-10H2,1-4H3. The largest absolute Gasteiger partial charge is 0.509 e. The molecule has 4 aliphatic carbocycles. The molecule has 3 nitrogen and oxygen atoms in total. The van der Waals surface area contributed by atoms with Crippen molar-refractivity contribution in [2.75, 3.05) is 0 Å². The van der Waals surface area contributed by atoms with Gasteiger partial charge in [-0.1, -0.05) is 12.2 Å². The molecule has 4 aliphatic rings. The monoisotopic (exact) mass is 386 g/mol. The molecule has 4 bridgehead atoms. The van der Waals surface area contributed by atoms with Crippen molar-refractivity contribution < 1.29 is 27.4 Å². The number of allylic oxidation sites excluding steroid dienone is 2. The fraction of sp³-hybridized carbons (Fsp3) is 0.857. The van der Waals surface area contributed by atoms with Gasteiger partial charge in [0.05, 0.1) is 0 Å². The van der Waals surface area contributed by atoms with Crippen LogP contribution in [-0.2, 0) is 9.47 Å². The van der Waals surface area contributed by atoms with Gasteiger partial charge < -0.3 is 9.47 Å². The van der Waals surface area contributed by atoms with Gasteiger partial charge in [-0.15, -0.1) is 0 Å². The number of carbonyl (C=O) groups excluding carboxylic acids is 1. The Bertz CT molecular complexity index is 650. The SMILES string of the molecule is CC(C)(C)OC(=O)OC(C)(CC1CC2CC1C1C3C=CC(C3)C21)C(F)(F)F. The van der Waals surface area contributed by atoms with E-state index >= 15 is 0 Å². The second-order valence-electron chi connectivity index (χ2n) is 10.3. The van der Waals surface area contributed by atoms with Gasteiger partial charge in [-0.3, -0.25) is 0 Å². The molecule has 3 fully saturated rings. The Morgan fingerprint density at radius 1 is 0.963 bits per heavy atom. The van der Waals surface area contributed by atoms with Crippen LogP contribution in [0.5, 0.6) is 0 Å². The number of alkyl halides is 3. The molecule has 0 aromatic heterocycles. The van der Waals surface area contributed by atoms with Crippen LogP contribution in [0.25, 0.3) is 0 Å². The molecule has 0 amide bonds. The number of ether oxygens (including phenoxy) is 2. The minimum absolute atomic E-state index is 0.0435. The second-order valence-corrected chi connectivity index (χ2v) is 10.3. The summed E-state index contributed by atoms with van der Waals surface area (Å²) in [5, 5.41) is 0. The van der Waals surface area contributed by atoms with Gasteiger partial charge in [-0.2, -0.15) is 13.2 Å². The number of halogens is 3. The van der Waals surface area contributed by atoms with Crippen LogP contribution in [0.1, 0.15) is 53.4 Å². The highest BCUT2D eigenvalue weighted by Crippen LogP contribution is 2.68. The first-order valence-electron chi connectivity index (χ1n) is 10.0. The Balaban J connectivity index is 1.49. The van der Waals surface area contributed by atoms with Crippen LogP contribution in [-0.4, -0.2) is 23.5 Å². The molecule has 0 radical (unpaired) electrons. The lowest BCUT2D eigenvalue weighted by Crippen LogP contribution is -2.49. The summed E-state index contributed by atoms with van der Waals surface area (Å²) in [6.45, 7) is 5.83. The maximum absolute atomic E-state index is 13.9. The van der Waals surface area contributed by atoms with Crippen molar-refractivity contribution in [1.82, 2.24) is 0 Å². The average molecular weight is 386 g/mol. The number of carbonyl (C=O) groups is 1. The minimum atomic E-state index is -4.63. The van der Waals surface area contributed by atoms with Crippen molar-refractivity contribution in [3.05, 3.63) is 12.2 Å². The molecule has 3 saturated carbocycles. The zero-order valence-electron chi connectivity index (χ0n) is 16.4. The number of fused-ring (bicyclic) bond motifs is 9. The minimum Gasteiger partial charge on any atom is -0.429 e. The average Bonchev–Trinajstić information content (AvgIpc) is 3.22. The summed E-state index contributed by atoms with van der Waals surface area (Å²) in [5.41, 5.74) is -3.40. The van der Waals surface area contributed by atoms with Crippen molar-refractivity contribution in [2.45, 2.75) is 70.8 Å². The smallest absolute Gasteiger partial charge is 0.429 e. The third kappa shape index (κ3) is 3.17.